The molecule has 1 amide bonds. The Labute approximate surface area is 123 Å². The van der Waals surface area contributed by atoms with Crippen molar-refractivity contribution in [3.63, 3.8) is 0 Å². The Morgan fingerprint density at radius 2 is 2.10 bits per heavy atom. The number of carbonyl (C=O) groups excluding carboxylic acids is 1. The van der Waals surface area contributed by atoms with Gasteiger partial charge in [0.25, 0.3) is 0 Å². The van der Waals surface area contributed by atoms with Crippen LogP contribution in [0.1, 0.15) is 25.7 Å². The van der Waals surface area contributed by atoms with E-state index in [1.165, 1.54) is 0 Å². The van der Waals surface area contributed by atoms with Crippen LogP contribution >= 0.6 is 0 Å². The Morgan fingerprint density at radius 1 is 1.24 bits per heavy atom. The third-order valence-electron chi connectivity index (χ3n) is 4.97. The molecule has 110 valence electrons. The number of nitrogens with zero attached hydrogens (tertiary/aromatic N) is 4. The second-order valence-electron chi connectivity index (χ2n) is 6.09. The van der Waals surface area contributed by atoms with Crippen LogP contribution in [0.2, 0.25) is 0 Å². The van der Waals surface area contributed by atoms with Crippen LogP contribution in [0.15, 0.2) is 18.6 Å². The summed E-state index contributed by atoms with van der Waals surface area (Å²) in [6.07, 6.45) is 8.95. The number of H-pyrrole nitrogens is 1. The van der Waals surface area contributed by atoms with Crippen molar-refractivity contribution in [1.29, 1.82) is 0 Å². The zero-order chi connectivity index (χ0) is 14.3. The van der Waals surface area contributed by atoms with Gasteiger partial charge in [0.05, 0.1) is 10.9 Å². The van der Waals surface area contributed by atoms with Crippen molar-refractivity contribution >= 4 is 23.3 Å². The molecule has 0 radical (unpaired) electrons. The number of piperidine rings is 1. The molecule has 0 saturated carbocycles. The fraction of sp³-hybridized carbons (Fsp3) is 0.533. The third kappa shape index (κ3) is 1.89. The van der Waals surface area contributed by atoms with E-state index in [-0.39, 0.29) is 5.54 Å². The van der Waals surface area contributed by atoms with Gasteiger partial charge >= 0.3 is 0 Å². The van der Waals surface area contributed by atoms with Gasteiger partial charge in [-0.3, -0.25) is 4.79 Å². The SMILES string of the molecule is O=CN1CCCC12CCCN(c1ncnc3[nH]ccc13)C2. The van der Waals surface area contributed by atoms with Gasteiger partial charge in [0, 0.05) is 25.8 Å². The molecule has 2 saturated heterocycles. The molecule has 0 aliphatic carbocycles. The summed E-state index contributed by atoms with van der Waals surface area (Å²) in [7, 11) is 0. The molecule has 4 rings (SSSR count). The van der Waals surface area contributed by atoms with Crippen molar-refractivity contribution in [2.24, 2.45) is 0 Å². The summed E-state index contributed by atoms with van der Waals surface area (Å²) in [6, 6.07) is 2.03. The summed E-state index contributed by atoms with van der Waals surface area (Å²) in [5.41, 5.74) is 0.881. The van der Waals surface area contributed by atoms with Crippen LogP contribution in [0.5, 0.6) is 0 Å². The number of aromatic nitrogens is 3. The van der Waals surface area contributed by atoms with Gasteiger partial charge in [0.15, 0.2) is 0 Å². The monoisotopic (exact) mass is 285 g/mol. The highest BCUT2D eigenvalue weighted by molar-refractivity contribution is 5.87. The van der Waals surface area contributed by atoms with E-state index in [0.717, 1.165) is 68.6 Å². The number of aromatic amines is 1. The minimum Gasteiger partial charge on any atom is -0.354 e. The lowest BCUT2D eigenvalue weighted by molar-refractivity contribution is -0.122. The molecule has 1 atom stereocenters. The minimum absolute atomic E-state index is 0.00752. The van der Waals surface area contributed by atoms with E-state index in [4.69, 9.17) is 0 Å². The van der Waals surface area contributed by atoms with Gasteiger partial charge in [0.1, 0.15) is 17.8 Å². The topological polar surface area (TPSA) is 65.1 Å². The highest BCUT2D eigenvalue weighted by Crippen LogP contribution is 2.38. The molecule has 0 aromatic carbocycles. The molecular weight excluding hydrogens is 266 g/mol. The smallest absolute Gasteiger partial charge is 0.210 e. The standard InChI is InChI=1S/C15H19N5O/c21-11-20-8-2-5-15(20)4-1-7-19(9-15)14-12-3-6-16-13(12)17-10-18-14/h3,6,10-11H,1-2,4-5,7-9H2,(H,16,17,18). The fourth-order valence-electron chi connectivity index (χ4n) is 3.97. The first kappa shape index (κ1) is 12.6. The van der Waals surface area contributed by atoms with E-state index >= 15 is 0 Å². The van der Waals surface area contributed by atoms with Crippen LogP contribution in [0.25, 0.3) is 11.0 Å². The van der Waals surface area contributed by atoms with Crippen molar-refractivity contribution in [3.05, 3.63) is 18.6 Å². The average molecular weight is 285 g/mol. The van der Waals surface area contributed by atoms with Gasteiger partial charge in [0.2, 0.25) is 6.41 Å². The summed E-state index contributed by atoms with van der Waals surface area (Å²) in [5, 5.41) is 1.06. The quantitative estimate of drug-likeness (QED) is 0.850. The van der Waals surface area contributed by atoms with Gasteiger partial charge in [-0.15, -0.1) is 0 Å². The van der Waals surface area contributed by atoms with Crippen LogP contribution in [-0.4, -0.2) is 51.4 Å². The van der Waals surface area contributed by atoms with Crippen LogP contribution in [0.3, 0.4) is 0 Å². The summed E-state index contributed by atoms with van der Waals surface area (Å²) in [6.45, 7) is 2.76. The van der Waals surface area contributed by atoms with Crippen molar-refractivity contribution in [3.8, 4) is 0 Å². The number of rotatable bonds is 2. The van der Waals surface area contributed by atoms with Crippen LogP contribution < -0.4 is 4.90 Å². The summed E-state index contributed by atoms with van der Waals surface area (Å²) >= 11 is 0. The lowest BCUT2D eigenvalue weighted by Crippen LogP contribution is -2.55. The first-order chi connectivity index (χ1) is 10.3. The molecule has 2 aromatic rings. The number of fused-ring (bicyclic) bond motifs is 1. The first-order valence-corrected chi connectivity index (χ1v) is 7.57. The van der Waals surface area contributed by atoms with E-state index in [2.05, 4.69) is 19.9 Å². The number of carbonyl (C=O) groups is 1. The maximum absolute atomic E-state index is 11.4. The largest absolute Gasteiger partial charge is 0.354 e. The lowest BCUT2D eigenvalue weighted by Gasteiger charge is -2.45. The van der Waals surface area contributed by atoms with Crippen LogP contribution in [0, 0.1) is 0 Å². The van der Waals surface area contributed by atoms with Gasteiger partial charge in [-0.2, -0.15) is 0 Å². The van der Waals surface area contributed by atoms with Gasteiger partial charge < -0.3 is 14.8 Å². The molecule has 21 heavy (non-hydrogen) atoms. The van der Waals surface area contributed by atoms with E-state index in [0.29, 0.717) is 0 Å². The van der Waals surface area contributed by atoms with E-state index < -0.39 is 0 Å². The number of amides is 1. The summed E-state index contributed by atoms with van der Waals surface area (Å²) in [4.78, 5) is 27.6. The molecule has 0 bridgehead atoms. The Morgan fingerprint density at radius 3 is 2.95 bits per heavy atom. The van der Waals surface area contributed by atoms with Gasteiger partial charge in [-0.25, -0.2) is 9.97 Å². The molecule has 1 spiro atoms. The Bertz CT molecular complexity index is 669. The zero-order valence-electron chi connectivity index (χ0n) is 12.0. The van der Waals surface area contributed by atoms with E-state index in [1.807, 2.05) is 17.2 Å². The molecule has 4 heterocycles. The number of anilines is 1. The molecular formula is C15H19N5O. The van der Waals surface area contributed by atoms with Crippen molar-refractivity contribution in [1.82, 2.24) is 19.9 Å². The predicted octanol–water partition coefficient (Wildman–Crippen LogP) is 1.55. The maximum Gasteiger partial charge on any atom is 0.210 e. The molecule has 2 aliphatic rings. The molecule has 1 N–H and O–H groups in total. The molecule has 6 nitrogen and oxygen atoms in total. The molecule has 2 fully saturated rings. The second kappa shape index (κ2) is 4.72. The third-order valence-corrected chi connectivity index (χ3v) is 4.97. The second-order valence-corrected chi connectivity index (χ2v) is 6.09. The van der Waals surface area contributed by atoms with Gasteiger partial charge in [-0.05, 0) is 31.7 Å². The minimum atomic E-state index is 0.00752. The molecule has 6 heteroatoms. The Hall–Kier alpha value is -2.11. The Kier molecular flexibility index (Phi) is 2.83. The molecule has 2 aromatic heterocycles. The summed E-state index contributed by atoms with van der Waals surface area (Å²) < 4.78 is 0. The first-order valence-electron chi connectivity index (χ1n) is 7.57. The molecule has 1 unspecified atom stereocenters. The van der Waals surface area contributed by atoms with Crippen molar-refractivity contribution in [2.75, 3.05) is 24.5 Å². The lowest BCUT2D eigenvalue weighted by atomic mass is 9.86. The predicted molar refractivity (Wildman–Crippen MR) is 80.1 cm³/mol. The van der Waals surface area contributed by atoms with E-state index in [1.54, 1.807) is 6.33 Å². The van der Waals surface area contributed by atoms with E-state index in [9.17, 15) is 4.79 Å². The average Bonchev–Trinajstić information content (AvgIpc) is 3.13. The normalized spacial score (nSPS) is 25.9. The maximum atomic E-state index is 11.4. The molecule has 2 aliphatic heterocycles. The number of likely N-dealkylation sites (tertiary alicyclic amines) is 1. The van der Waals surface area contributed by atoms with Crippen LogP contribution in [0.4, 0.5) is 5.82 Å². The highest BCUT2D eigenvalue weighted by atomic mass is 16.1. The number of hydrogen-bond donors (Lipinski definition) is 1. The number of hydrogen-bond acceptors (Lipinski definition) is 4. The van der Waals surface area contributed by atoms with Gasteiger partial charge in [-0.1, -0.05) is 0 Å². The zero-order valence-corrected chi connectivity index (χ0v) is 12.0. The summed E-state index contributed by atoms with van der Waals surface area (Å²) in [5.74, 6) is 0.984. The van der Waals surface area contributed by atoms with Crippen molar-refractivity contribution < 1.29 is 4.79 Å². The van der Waals surface area contributed by atoms with Crippen molar-refractivity contribution in [2.45, 2.75) is 31.2 Å². The Balaban J connectivity index is 1.70. The fourth-order valence-corrected chi connectivity index (χ4v) is 3.97. The van der Waals surface area contributed by atoms with Crippen LogP contribution in [-0.2, 0) is 4.79 Å². The highest BCUT2D eigenvalue weighted by Gasteiger charge is 2.43. The number of nitrogens with one attached hydrogen (secondary N) is 1.